The van der Waals surface area contributed by atoms with E-state index in [2.05, 4.69) is 6.92 Å². The average Bonchev–Trinajstić information content (AvgIpc) is 3.63. The molecule has 14 heteroatoms. The molecule has 22 atom stereocenters. The number of ether oxygens (including phenoxy) is 8. The molecule has 0 aromatic heterocycles. The minimum atomic E-state index is -1.01. The van der Waals surface area contributed by atoms with Crippen molar-refractivity contribution in [2.75, 3.05) is 13.2 Å². The summed E-state index contributed by atoms with van der Waals surface area (Å²) in [5.74, 6) is -0.233. The Kier molecular flexibility index (Phi) is 12.6. The lowest BCUT2D eigenvalue weighted by Gasteiger charge is -2.65. The molecule has 4 saturated heterocycles. The van der Waals surface area contributed by atoms with Gasteiger partial charge in [-0.25, -0.2) is 0 Å². The molecule has 4 unspecified atom stereocenters. The predicted octanol–water partition coefficient (Wildman–Crippen LogP) is 3.52. The van der Waals surface area contributed by atoms with Crippen LogP contribution in [0.3, 0.4) is 0 Å². The van der Waals surface area contributed by atoms with Crippen LogP contribution in [0.1, 0.15) is 126 Å². The van der Waals surface area contributed by atoms with Gasteiger partial charge in [0, 0.05) is 37.9 Å². The van der Waals surface area contributed by atoms with Crippen molar-refractivity contribution in [3.63, 3.8) is 0 Å². The van der Waals surface area contributed by atoms with E-state index in [4.69, 9.17) is 37.9 Å². The molecule has 6 N–H and O–H groups in total. The van der Waals surface area contributed by atoms with Gasteiger partial charge in [-0.3, -0.25) is 0 Å². The van der Waals surface area contributed by atoms with Gasteiger partial charge in [-0.15, -0.1) is 0 Å². The molecule has 8 rings (SSSR count). The number of aliphatic hydroxyl groups excluding tert-OH is 5. The van der Waals surface area contributed by atoms with E-state index in [-0.39, 0.29) is 79.6 Å². The molecule has 0 amide bonds. The Hall–Kier alpha value is -0.560. The maximum atomic E-state index is 12.6. The lowest BCUT2D eigenvalue weighted by atomic mass is 9.42. The van der Waals surface area contributed by atoms with Gasteiger partial charge in [0.1, 0.15) is 18.3 Å². The Morgan fingerprint density at radius 3 is 1.91 bits per heavy atom. The first kappa shape index (κ1) is 44.1. The van der Waals surface area contributed by atoms with Gasteiger partial charge in [-0.1, -0.05) is 13.8 Å². The van der Waals surface area contributed by atoms with E-state index >= 15 is 0 Å². The second-order valence-electron chi connectivity index (χ2n) is 20.6. The fourth-order valence-electron chi connectivity index (χ4n) is 13.9. The third-order valence-corrected chi connectivity index (χ3v) is 17.0. The molecule has 334 valence electrons. The second-order valence-corrected chi connectivity index (χ2v) is 20.6. The molecule has 0 radical (unpaired) electrons. The monoisotopic (exact) mass is 827 g/mol. The molecule has 58 heavy (non-hydrogen) atoms. The van der Waals surface area contributed by atoms with E-state index in [1.54, 1.807) is 0 Å². The second kappa shape index (κ2) is 16.5. The Morgan fingerprint density at radius 2 is 1.29 bits per heavy atom. The van der Waals surface area contributed by atoms with Crippen molar-refractivity contribution >= 4 is 0 Å². The van der Waals surface area contributed by atoms with Crippen molar-refractivity contribution in [2.45, 2.75) is 223 Å². The van der Waals surface area contributed by atoms with Gasteiger partial charge in [0.2, 0.25) is 0 Å². The van der Waals surface area contributed by atoms with Gasteiger partial charge in [0.15, 0.2) is 24.7 Å². The summed E-state index contributed by atoms with van der Waals surface area (Å²) in [5, 5.41) is 67.0. The molecule has 8 fully saturated rings. The zero-order valence-corrected chi connectivity index (χ0v) is 35.8. The van der Waals surface area contributed by atoms with Crippen LogP contribution in [0.4, 0.5) is 0 Å². The van der Waals surface area contributed by atoms with Crippen LogP contribution in [0.2, 0.25) is 0 Å². The summed E-state index contributed by atoms with van der Waals surface area (Å²) in [6.07, 6.45) is 0.613. The molecular weight excluding hydrogens is 752 g/mol. The minimum Gasteiger partial charge on any atom is -0.396 e. The van der Waals surface area contributed by atoms with Gasteiger partial charge < -0.3 is 68.5 Å². The molecule has 4 aliphatic heterocycles. The fourth-order valence-corrected chi connectivity index (χ4v) is 13.9. The fraction of sp³-hybridized carbons (Fsp3) is 1.00. The zero-order chi connectivity index (χ0) is 41.5. The summed E-state index contributed by atoms with van der Waals surface area (Å²) in [4.78, 5) is 0. The van der Waals surface area contributed by atoms with Crippen LogP contribution in [-0.4, -0.2) is 141 Å². The lowest BCUT2D eigenvalue weighted by molar-refractivity contribution is -0.334. The Balaban J connectivity index is 0.824. The van der Waals surface area contributed by atoms with E-state index in [1.807, 2.05) is 41.5 Å². The predicted molar refractivity (Wildman–Crippen MR) is 208 cm³/mol. The maximum Gasteiger partial charge on any atom is 0.163 e. The summed E-state index contributed by atoms with van der Waals surface area (Å²) in [7, 11) is 0. The zero-order valence-electron chi connectivity index (χ0n) is 35.8. The number of fused-ring (bicyclic) bond motifs is 6. The normalized spacial score (nSPS) is 54.6. The molecule has 0 aromatic rings. The van der Waals surface area contributed by atoms with Gasteiger partial charge in [-0.2, -0.15) is 0 Å². The van der Waals surface area contributed by atoms with E-state index in [9.17, 15) is 30.6 Å². The highest BCUT2D eigenvalue weighted by molar-refractivity contribution is 5.20. The summed E-state index contributed by atoms with van der Waals surface area (Å²) in [5.41, 5.74) is -1.78. The van der Waals surface area contributed by atoms with Crippen LogP contribution in [-0.2, 0) is 37.9 Å². The number of rotatable bonds is 10. The highest BCUT2D eigenvalue weighted by Gasteiger charge is 2.71. The molecular formula is C44H74O14. The van der Waals surface area contributed by atoms with Crippen molar-refractivity contribution in [2.24, 2.45) is 40.4 Å². The van der Waals surface area contributed by atoms with Gasteiger partial charge in [0.25, 0.3) is 0 Å². The minimum absolute atomic E-state index is 0.0132. The van der Waals surface area contributed by atoms with Crippen LogP contribution < -0.4 is 0 Å². The average molecular weight is 827 g/mol. The van der Waals surface area contributed by atoms with Crippen molar-refractivity contribution < 1.29 is 68.5 Å². The molecule has 0 bridgehead atoms. The van der Waals surface area contributed by atoms with Crippen molar-refractivity contribution in [3.8, 4) is 0 Å². The van der Waals surface area contributed by atoms with Crippen molar-refractivity contribution in [1.29, 1.82) is 0 Å². The van der Waals surface area contributed by atoms with Gasteiger partial charge >= 0.3 is 0 Å². The molecule has 4 aliphatic carbocycles. The van der Waals surface area contributed by atoms with E-state index in [0.717, 1.165) is 38.5 Å². The van der Waals surface area contributed by atoms with Crippen LogP contribution in [0, 0.1) is 40.4 Å². The van der Waals surface area contributed by atoms with Crippen LogP contribution in [0.5, 0.6) is 0 Å². The van der Waals surface area contributed by atoms with Gasteiger partial charge in [0.05, 0.1) is 54.4 Å². The van der Waals surface area contributed by atoms with E-state index < -0.39 is 78.4 Å². The maximum absolute atomic E-state index is 12.6. The smallest absolute Gasteiger partial charge is 0.163 e. The lowest BCUT2D eigenvalue weighted by Crippen LogP contribution is -2.67. The summed E-state index contributed by atoms with van der Waals surface area (Å²) >= 11 is 0. The van der Waals surface area contributed by atoms with Crippen LogP contribution in [0.15, 0.2) is 0 Å². The molecule has 4 heterocycles. The first-order chi connectivity index (χ1) is 27.4. The molecule has 0 spiro atoms. The molecule has 4 saturated carbocycles. The number of aliphatic hydroxyl groups is 6. The molecule has 14 nitrogen and oxygen atoms in total. The van der Waals surface area contributed by atoms with Crippen LogP contribution in [0.25, 0.3) is 0 Å². The van der Waals surface area contributed by atoms with Gasteiger partial charge in [-0.05, 0) is 127 Å². The Bertz CT molecular complexity index is 1400. The molecule has 0 aromatic carbocycles. The first-order valence-corrected chi connectivity index (χ1v) is 22.7. The highest BCUT2D eigenvalue weighted by Crippen LogP contribution is 2.70. The highest BCUT2D eigenvalue weighted by atomic mass is 16.8. The van der Waals surface area contributed by atoms with Crippen LogP contribution >= 0.6 is 0 Å². The van der Waals surface area contributed by atoms with E-state index in [0.29, 0.717) is 31.6 Å². The quantitative estimate of drug-likeness (QED) is 0.175. The summed E-state index contributed by atoms with van der Waals surface area (Å²) < 4.78 is 49.9. The third-order valence-electron chi connectivity index (χ3n) is 17.0. The topological polar surface area (TPSA) is 195 Å². The first-order valence-electron chi connectivity index (χ1n) is 22.7. The Labute approximate surface area is 344 Å². The third kappa shape index (κ3) is 7.66. The standard InChI is InChI=1S/C44H74O14/c1-22-38(55-36-19-32(48)39(23(2)52-36)56-37-20-33-40(24(3)53-37)58-41(4,5)57-33)31(47)18-35(51-22)54-27-10-13-42(6)26(16-27)8-9-29-30(42)17-34(49)43(7)28(11-14-44(29,43)50)25(21-46)12-15-45/h22-40,45-50H,8-21H2,1-7H3/t22-,23-,24-,25?,26-,27+,28-,29-,30+,31+,32+,33+,34-,35?,36?,37?,38-,39-,40-,42+,43+,44+/m1/s1. The number of hydrogen-bond acceptors (Lipinski definition) is 14. The van der Waals surface area contributed by atoms with E-state index in [1.165, 1.54) is 0 Å². The molecule has 8 aliphatic rings. The summed E-state index contributed by atoms with van der Waals surface area (Å²) in [6.45, 7) is 13.8. The van der Waals surface area contributed by atoms with Crippen molar-refractivity contribution in [3.05, 3.63) is 0 Å². The Morgan fingerprint density at radius 1 is 0.672 bits per heavy atom. The SMILES string of the molecule is C[C@H]1OC(O[C@H]2[C@@H](O)CC(O[C@H]3[C@@H](O)CC(O[C@H]4CC[C@@]5(C)[C@H](CC[C@@H]6[C@@H]5C[C@@H](O)[C@]5(C)[C@@H](C(CO)CCO)CC[C@]65O)C4)O[C@@H]3C)O[C@@H]2C)C[C@@H]2OC(C)(C)O[C@@H]21. The number of hydrogen-bond donors (Lipinski definition) is 6. The largest absolute Gasteiger partial charge is 0.396 e. The summed E-state index contributed by atoms with van der Waals surface area (Å²) in [6, 6.07) is 0. The van der Waals surface area contributed by atoms with Crippen molar-refractivity contribution in [1.82, 2.24) is 0 Å².